The lowest BCUT2D eigenvalue weighted by Gasteiger charge is -2.04. The normalized spacial score (nSPS) is 10.2. The van der Waals surface area contributed by atoms with Crippen LogP contribution in [0.3, 0.4) is 0 Å². The maximum Gasteiger partial charge on any atom is 0.196 e. The first-order valence-electron chi connectivity index (χ1n) is 5.39. The minimum Gasteiger partial charge on any atom is -0.388 e. The summed E-state index contributed by atoms with van der Waals surface area (Å²) in [7, 11) is 1.75. The fourth-order valence-corrected chi connectivity index (χ4v) is 1.62. The minimum atomic E-state index is -0.723. The van der Waals surface area contributed by atoms with Crippen molar-refractivity contribution in [2.24, 2.45) is 0 Å². The van der Waals surface area contributed by atoms with Crippen LogP contribution in [0, 0.1) is 11.6 Å². The van der Waals surface area contributed by atoms with Gasteiger partial charge in [0.15, 0.2) is 5.78 Å². The van der Waals surface area contributed by atoms with E-state index in [4.69, 9.17) is 0 Å². The van der Waals surface area contributed by atoms with Gasteiger partial charge in [-0.25, -0.2) is 8.78 Å². The third-order valence-electron chi connectivity index (χ3n) is 2.61. The molecule has 0 aliphatic heterocycles. The van der Waals surface area contributed by atoms with Gasteiger partial charge in [0.2, 0.25) is 0 Å². The molecule has 0 aromatic heterocycles. The molecule has 4 heteroatoms. The standard InChI is InChI=1S/C14H11F2NO/c1-17-11-5-2-9(3-6-11)14(18)12-8-10(15)4-7-13(12)16/h2-8,17H,1H3. The van der Waals surface area contributed by atoms with Gasteiger partial charge in [-0.3, -0.25) is 4.79 Å². The van der Waals surface area contributed by atoms with Gasteiger partial charge in [-0.15, -0.1) is 0 Å². The molecule has 1 N–H and O–H groups in total. The molecule has 92 valence electrons. The molecule has 0 unspecified atom stereocenters. The quantitative estimate of drug-likeness (QED) is 0.843. The topological polar surface area (TPSA) is 29.1 Å². The van der Waals surface area contributed by atoms with Crippen LogP contribution in [-0.4, -0.2) is 12.8 Å². The summed E-state index contributed by atoms with van der Waals surface area (Å²) in [6.07, 6.45) is 0. The molecule has 18 heavy (non-hydrogen) atoms. The van der Waals surface area contributed by atoms with Crippen LogP contribution >= 0.6 is 0 Å². The Hall–Kier alpha value is -2.23. The molecule has 0 radical (unpaired) electrons. The van der Waals surface area contributed by atoms with E-state index >= 15 is 0 Å². The van der Waals surface area contributed by atoms with Crippen molar-refractivity contribution in [2.45, 2.75) is 0 Å². The van der Waals surface area contributed by atoms with Gasteiger partial charge in [-0.1, -0.05) is 0 Å². The number of hydrogen-bond donors (Lipinski definition) is 1. The van der Waals surface area contributed by atoms with Crippen LogP contribution in [-0.2, 0) is 0 Å². The summed E-state index contributed by atoms with van der Waals surface area (Å²) in [5.41, 5.74) is 0.900. The van der Waals surface area contributed by atoms with Crippen LogP contribution in [0.4, 0.5) is 14.5 Å². The van der Waals surface area contributed by atoms with Gasteiger partial charge < -0.3 is 5.32 Å². The van der Waals surface area contributed by atoms with Crippen LogP contribution in [0.2, 0.25) is 0 Å². The van der Waals surface area contributed by atoms with Gasteiger partial charge in [-0.05, 0) is 42.5 Å². The van der Waals surface area contributed by atoms with E-state index in [9.17, 15) is 13.6 Å². The lowest BCUT2D eigenvalue weighted by Crippen LogP contribution is -2.05. The third-order valence-corrected chi connectivity index (χ3v) is 2.61. The monoisotopic (exact) mass is 247 g/mol. The Morgan fingerprint density at radius 2 is 1.72 bits per heavy atom. The van der Waals surface area contributed by atoms with Crippen LogP contribution in [0.1, 0.15) is 15.9 Å². The fraction of sp³-hybridized carbons (Fsp3) is 0.0714. The van der Waals surface area contributed by atoms with Crippen molar-refractivity contribution < 1.29 is 13.6 Å². The number of halogens is 2. The Morgan fingerprint density at radius 1 is 1.06 bits per heavy atom. The molecule has 2 aromatic rings. The van der Waals surface area contributed by atoms with E-state index in [-0.39, 0.29) is 5.56 Å². The average molecular weight is 247 g/mol. The van der Waals surface area contributed by atoms with Gasteiger partial charge in [0.1, 0.15) is 11.6 Å². The van der Waals surface area contributed by atoms with Crippen LogP contribution in [0.25, 0.3) is 0 Å². The van der Waals surface area contributed by atoms with E-state index in [0.29, 0.717) is 5.56 Å². The molecule has 0 aliphatic carbocycles. The molecule has 0 saturated heterocycles. The molecule has 2 aromatic carbocycles. The Kier molecular flexibility index (Phi) is 3.37. The fourth-order valence-electron chi connectivity index (χ4n) is 1.62. The van der Waals surface area contributed by atoms with E-state index in [0.717, 1.165) is 23.9 Å². The number of hydrogen-bond acceptors (Lipinski definition) is 2. The zero-order valence-electron chi connectivity index (χ0n) is 9.71. The summed E-state index contributed by atoms with van der Waals surface area (Å²) in [6, 6.07) is 9.37. The number of anilines is 1. The van der Waals surface area contributed by atoms with E-state index in [1.54, 1.807) is 31.3 Å². The highest BCUT2D eigenvalue weighted by Crippen LogP contribution is 2.16. The maximum atomic E-state index is 13.5. The summed E-state index contributed by atoms with van der Waals surface area (Å²) >= 11 is 0. The van der Waals surface area contributed by atoms with Crippen molar-refractivity contribution >= 4 is 11.5 Å². The predicted octanol–water partition coefficient (Wildman–Crippen LogP) is 3.24. The molecular weight excluding hydrogens is 236 g/mol. The Bertz CT molecular complexity index is 579. The summed E-state index contributed by atoms with van der Waals surface area (Å²) in [5.74, 6) is -1.89. The van der Waals surface area contributed by atoms with E-state index in [1.165, 1.54) is 0 Å². The summed E-state index contributed by atoms with van der Waals surface area (Å²) in [5, 5.41) is 2.91. The molecule has 2 rings (SSSR count). The van der Waals surface area contributed by atoms with Crippen molar-refractivity contribution in [3.63, 3.8) is 0 Å². The molecule has 0 bridgehead atoms. The number of rotatable bonds is 3. The van der Waals surface area contributed by atoms with Gasteiger partial charge >= 0.3 is 0 Å². The van der Waals surface area contributed by atoms with Crippen molar-refractivity contribution in [3.8, 4) is 0 Å². The highest BCUT2D eigenvalue weighted by Gasteiger charge is 2.14. The zero-order chi connectivity index (χ0) is 13.1. The minimum absolute atomic E-state index is 0.257. The molecule has 0 heterocycles. The van der Waals surface area contributed by atoms with Crippen molar-refractivity contribution in [1.82, 2.24) is 0 Å². The SMILES string of the molecule is CNc1ccc(C(=O)c2cc(F)ccc2F)cc1. The van der Waals surface area contributed by atoms with Crippen molar-refractivity contribution in [3.05, 3.63) is 65.2 Å². The molecule has 0 fully saturated rings. The Balaban J connectivity index is 2.38. The lowest BCUT2D eigenvalue weighted by atomic mass is 10.0. The number of carbonyl (C=O) groups excluding carboxylic acids is 1. The molecule has 0 aliphatic rings. The second kappa shape index (κ2) is 4.96. The highest BCUT2D eigenvalue weighted by atomic mass is 19.1. The number of carbonyl (C=O) groups is 1. The van der Waals surface area contributed by atoms with Gasteiger partial charge in [0.05, 0.1) is 5.56 Å². The molecule has 0 spiro atoms. The van der Waals surface area contributed by atoms with Crippen LogP contribution < -0.4 is 5.32 Å². The van der Waals surface area contributed by atoms with E-state index in [1.807, 2.05) is 0 Å². The van der Waals surface area contributed by atoms with E-state index in [2.05, 4.69) is 5.32 Å². The Labute approximate surface area is 103 Å². The summed E-state index contributed by atoms with van der Waals surface area (Å²) < 4.78 is 26.5. The van der Waals surface area contributed by atoms with Crippen molar-refractivity contribution in [1.29, 1.82) is 0 Å². The molecule has 0 amide bonds. The first-order valence-corrected chi connectivity index (χ1v) is 5.39. The largest absolute Gasteiger partial charge is 0.388 e. The molecular formula is C14H11F2NO. The number of benzene rings is 2. The lowest BCUT2D eigenvalue weighted by molar-refractivity contribution is 0.103. The summed E-state index contributed by atoms with van der Waals surface area (Å²) in [6.45, 7) is 0. The second-order valence-electron chi connectivity index (χ2n) is 3.78. The average Bonchev–Trinajstić information content (AvgIpc) is 2.41. The van der Waals surface area contributed by atoms with E-state index < -0.39 is 17.4 Å². The van der Waals surface area contributed by atoms with Gasteiger partial charge in [-0.2, -0.15) is 0 Å². The number of nitrogens with one attached hydrogen (secondary N) is 1. The van der Waals surface area contributed by atoms with Gasteiger partial charge in [0.25, 0.3) is 0 Å². The smallest absolute Gasteiger partial charge is 0.196 e. The number of ketones is 1. The molecule has 0 saturated carbocycles. The maximum absolute atomic E-state index is 13.5. The first-order chi connectivity index (χ1) is 8.61. The zero-order valence-corrected chi connectivity index (χ0v) is 9.71. The predicted molar refractivity (Wildman–Crippen MR) is 65.8 cm³/mol. The molecule has 2 nitrogen and oxygen atoms in total. The van der Waals surface area contributed by atoms with Crippen molar-refractivity contribution in [2.75, 3.05) is 12.4 Å². The van der Waals surface area contributed by atoms with Crippen LogP contribution in [0.15, 0.2) is 42.5 Å². The third kappa shape index (κ3) is 2.37. The first kappa shape index (κ1) is 12.2. The van der Waals surface area contributed by atoms with Crippen LogP contribution in [0.5, 0.6) is 0 Å². The summed E-state index contributed by atoms with van der Waals surface area (Å²) in [4.78, 5) is 12.0. The Morgan fingerprint density at radius 3 is 2.33 bits per heavy atom. The molecule has 0 atom stereocenters. The van der Waals surface area contributed by atoms with Gasteiger partial charge in [0, 0.05) is 18.3 Å². The second-order valence-corrected chi connectivity index (χ2v) is 3.78. The highest BCUT2D eigenvalue weighted by molar-refractivity contribution is 6.09.